The summed E-state index contributed by atoms with van der Waals surface area (Å²) in [6.07, 6.45) is 8.25. The molecule has 2 aromatic heterocycles. The first-order valence-electron chi connectivity index (χ1n) is 13.1. The summed E-state index contributed by atoms with van der Waals surface area (Å²) in [6, 6.07) is 11.5. The first kappa shape index (κ1) is 29.9. The van der Waals surface area contributed by atoms with Gasteiger partial charge in [-0.3, -0.25) is 14.2 Å². The Morgan fingerprint density at radius 1 is 1.21 bits per heavy atom. The lowest BCUT2D eigenvalue weighted by molar-refractivity contribution is -0.130. The van der Waals surface area contributed by atoms with Gasteiger partial charge in [-0.2, -0.15) is 0 Å². The SMILES string of the molecule is CC.CN1CCCCC1COC=O.CNc1cc2c(=O)n(Cc3ccc(Cl)cc3)cnc2cc1-c1cnco1. The zero-order valence-electron chi connectivity index (χ0n) is 22.9. The Bertz CT molecular complexity index is 1370. The minimum Gasteiger partial charge on any atom is -0.466 e. The van der Waals surface area contributed by atoms with Crippen molar-refractivity contribution in [3.8, 4) is 11.3 Å². The third kappa shape index (κ3) is 7.91. The van der Waals surface area contributed by atoms with Crippen LogP contribution in [0.3, 0.4) is 0 Å². The number of hydrogen-bond acceptors (Lipinski definition) is 8. The van der Waals surface area contributed by atoms with Gasteiger partial charge >= 0.3 is 0 Å². The van der Waals surface area contributed by atoms with E-state index in [9.17, 15) is 9.59 Å². The average Bonchev–Trinajstić information content (AvgIpc) is 3.51. The molecule has 4 aromatic rings. The fraction of sp³-hybridized carbons (Fsp3) is 0.379. The number of ether oxygens (including phenoxy) is 1. The van der Waals surface area contributed by atoms with E-state index in [1.807, 2.05) is 32.0 Å². The van der Waals surface area contributed by atoms with Crippen molar-refractivity contribution in [2.75, 3.05) is 32.6 Å². The second-order valence-electron chi connectivity index (χ2n) is 8.89. The van der Waals surface area contributed by atoms with Crippen molar-refractivity contribution in [3.05, 3.63) is 76.3 Å². The molecular weight excluding hydrogens is 518 g/mol. The molecule has 1 fully saturated rings. The molecule has 0 amide bonds. The van der Waals surface area contributed by atoms with Crippen LogP contribution in [-0.2, 0) is 16.1 Å². The molecule has 1 N–H and O–H groups in total. The zero-order valence-corrected chi connectivity index (χ0v) is 23.6. The predicted molar refractivity (Wildman–Crippen MR) is 155 cm³/mol. The van der Waals surface area contributed by atoms with Gasteiger partial charge in [0.25, 0.3) is 12.0 Å². The molecule has 3 heterocycles. The van der Waals surface area contributed by atoms with Gasteiger partial charge in [-0.1, -0.05) is 44.0 Å². The third-order valence-corrected chi connectivity index (χ3v) is 6.73. The van der Waals surface area contributed by atoms with Gasteiger partial charge in [-0.25, -0.2) is 9.97 Å². The molecular formula is C29H36ClN5O4. The lowest BCUT2D eigenvalue weighted by Gasteiger charge is -2.31. The molecule has 0 radical (unpaired) electrons. The van der Waals surface area contributed by atoms with Crippen LogP contribution in [0.15, 0.2) is 64.5 Å². The molecule has 0 spiro atoms. The van der Waals surface area contributed by atoms with Crippen LogP contribution in [-0.4, -0.2) is 59.2 Å². The minimum absolute atomic E-state index is 0.106. The van der Waals surface area contributed by atoms with Crippen LogP contribution < -0.4 is 10.9 Å². The van der Waals surface area contributed by atoms with Gasteiger partial charge in [-0.05, 0) is 56.3 Å². The average molecular weight is 554 g/mol. The van der Waals surface area contributed by atoms with Crippen molar-refractivity contribution < 1.29 is 13.9 Å². The minimum atomic E-state index is -0.106. The molecule has 1 unspecified atom stereocenters. The van der Waals surface area contributed by atoms with E-state index in [0.29, 0.717) is 47.4 Å². The molecule has 1 saturated heterocycles. The number of fused-ring (bicyclic) bond motifs is 1. The summed E-state index contributed by atoms with van der Waals surface area (Å²) in [6.45, 7) is 6.65. The number of oxazole rings is 1. The Morgan fingerprint density at radius 3 is 2.62 bits per heavy atom. The molecule has 1 atom stereocenters. The maximum atomic E-state index is 12.9. The highest BCUT2D eigenvalue weighted by Gasteiger charge is 2.18. The molecule has 1 aliphatic heterocycles. The Morgan fingerprint density at radius 2 is 1.97 bits per heavy atom. The van der Waals surface area contributed by atoms with Gasteiger partial charge in [0.1, 0.15) is 6.61 Å². The number of benzene rings is 2. The maximum Gasteiger partial charge on any atom is 0.293 e. The number of nitrogens with zero attached hydrogens (tertiary/aromatic N) is 4. The van der Waals surface area contributed by atoms with E-state index in [1.54, 1.807) is 42.3 Å². The van der Waals surface area contributed by atoms with Gasteiger partial charge in [-0.15, -0.1) is 0 Å². The molecule has 208 valence electrons. The van der Waals surface area contributed by atoms with Gasteiger partial charge < -0.3 is 19.4 Å². The van der Waals surface area contributed by atoms with Crippen LogP contribution in [0.2, 0.25) is 5.02 Å². The standard InChI is InChI=1S/C19H15ClN4O2.C8H15NO2.C2H6/c1-21-16-7-15-17(6-14(16)18-8-22-11-26-18)23-10-24(19(15)25)9-12-2-4-13(20)5-3-12;1-9-5-3-2-4-8(9)6-11-7-10;1-2/h2-8,10-11,21H,9H2,1H3;7-8H,2-6H2,1H3;1-2H3. The largest absolute Gasteiger partial charge is 0.466 e. The number of carbonyl (C=O) groups excluding carboxylic acids is 1. The second-order valence-corrected chi connectivity index (χ2v) is 9.33. The Hall–Kier alpha value is -3.69. The summed E-state index contributed by atoms with van der Waals surface area (Å²) in [5.41, 5.74) is 3.06. The summed E-state index contributed by atoms with van der Waals surface area (Å²) in [5.74, 6) is 0.614. The zero-order chi connectivity index (χ0) is 28.2. The quantitative estimate of drug-likeness (QED) is 0.301. The van der Waals surface area contributed by atoms with Crippen LogP contribution >= 0.6 is 11.6 Å². The topological polar surface area (TPSA) is 102 Å². The van der Waals surface area contributed by atoms with Crippen LogP contribution in [0.1, 0.15) is 38.7 Å². The number of carbonyl (C=O) groups is 1. The van der Waals surface area contributed by atoms with Crippen LogP contribution in [0.4, 0.5) is 5.69 Å². The number of halogens is 1. The number of rotatable bonds is 7. The van der Waals surface area contributed by atoms with Gasteiger partial charge in [0, 0.05) is 29.4 Å². The number of likely N-dealkylation sites (N-methyl/N-ethyl adjacent to an activating group) is 1. The summed E-state index contributed by atoms with van der Waals surface area (Å²) in [4.78, 5) is 33.5. The van der Waals surface area contributed by atoms with Crippen LogP contribution in [0.25, 0.3) is 22.2 Å². The summed E-state index contributed by atoms with van der Waals surface area (Å²) >= 11 is 5.91. The van der Waals surface area contributed by atoms with E-state index < -0.39 is 0 Å². The van der Waals surface area contributed by atoms with Gasteiger partial charge in [0.05, 0.1) is 30.0 Å². The molecule has 0 aliphatic carbocycles. The van der Waals surface area contributed by atoms with E-state index in [4.69, 9.17) is 20.8 Å². The highest BCUT2D eigenvalue weighted by Crippen LogP contribution is 2.30. The molecule has 10 heteroatoms. The van der Waals surface area contributed by atoms with E-state index in [1.165, 1.54) is 19.2 Å². The normalized spacial score (nSPS) is 14.9. The smallest absolute Gasteiger partial charge is 0.293 e. The third-order valence-electron chi connectivity index (χ3n) is 6.47. The Kier molecular flexibility index (Phi) is 11.5. The van der Waals surface area contributed by atoms with Crippen molar-refractivity contribution >= 4 is 34.7 Å². The second kappa shape index (κ2) is 15.0. The summed E-state index contributed by atoms with van der Waals surface area (Å²) in [7, 11) is 3.88. The number of likely N-dealkylation sites (tertiary alicyclic amines) is 1. The first-order valence-corrected chi connectivity index (χ1v) is 13.5. The number of aromatic nitrogens is 3. The fourth-order valence-electron chi connectivity index (χ4n) is 4.37. The first-order chi connectivity index (χ1) is 19.0. The molecule has 39 heavy (non-hydrogen) atoms. The molecule has 5 rings (SSSR count). The predicted octanol–water partition coefficient (Wildman–Crippen LogP) is 5.46. The molecule has 0 bridgehead atoms. The fourth-order valence-corrected chi connectivity index (χ4v) is 4.50. The Labute approximate surface area is 233 Å². The van der Waals surface area contributed by atoms with E-state index in [0.717, 1.165) is 29.8 Å². The lowest BCUT2D eigenvalue weighted by Crippen LogP contribution is -2.39. The van der Waals surface area contributed by atoms with Crippen molar-refractivity contribution in [1.82, 2.24) is 19.4 Å². The van der Waals surface area contributed by atoms with Crippen molar-refractivity contribution in [2.45, 2.75) is 45.7 Å². The van der Waals surface area contributed by atoms with Gasteiger partial charge in [0.2, 0.25) is 0 Å². The lowest BCUT2D eigenvalue weighted by atomic mass is 10.0. The van der Waals surface area contributed by atoms with E-state index >= 15 is 0 Å². The molecule has 0 saturated carbocycles. The van der Waals surface area contributed by atoms with E-state index in [-0.39, 0.29) is 5.56 Å². The number of nitrogens with one attached hydrogen (secondary N) is 1. The van der Waals surface area contributed by atoms with Gasteiger partial charge in [0.15, 0.2) is 12.2 Å². The number of anilines is 1. The molecule has 9 nitrogen and oxygen atoms in total. The Balaban J connectivity index is 0.000000272. The number of hydrogen-bond donors (Lipinski definition) is 1. The summed E-state index contributed by atoms with van der Waals surface area (Å²) < 4.78 is 11.7. The van der Waals surface area contributed by atoms with Crippen molar-refractivity contribution in [3.63, 3.8) is 0 Å². The molecule has 2 aromatic carbocycles. The molecule has 1 aliphatic rings. The van der Waals surface area contributed by atoms with Crippen molar-refractivity contribution in [2.24, 2.45) is 0 Å². The maximum absolute atomic E-state index is 12.9. The van der Waals surface area contributed by atoms with Crippen LogP contribution in [0, 0.1) is 0 Å². The number of piperidine rings is 1. The monoisotopic (exact) mass is 553 g/mol. The highest BCUT2D eigenvalue weighted by atomic mass is 35.5. The van der Waals surface area contributed by atoms with Crippen molar-refractivity contribution in [1.29, 1.82) is 0 Å². The van der Waals surface area contributed by atoms with Crippen LogP contribution in [0.5, 0.6) is 0 Å². The highest BCUT2D eigenvalue weighted by molar-refractivity contribution is 6.30. The summed E-state index contributed by atoms with van der Waals surface area (Å²) in [5, 5.41) is 4.30. The van der Waals surface area contributed by atoms with E-state index in [2.05, 4.69) is 27.2 Å².